The van der Waals surface area contributed by atoms with E-state index in [9.17, 15) is 51.1 Å². The van der Waals surface area contributed by atoms with Gasteiger partial charge >= 0.3 is 0 Å². The second-order valence-electron chi connectivity index (χ2n) is 20.5. The second kappa shape index (κ2) is 17.9. The number of allylic oxidation sites excluding steroid dienone is 1. The van der Waals surface area contributed by atoms with Crippen LogP contribution in [0.1, 0.15) is 92.4 Å². The molecule has 7 fully saturated rings. The van der Waals surface area contributed by atoms with E-state index in [1.165, 1.54) is 5.57 Å². The highest BCUT2D eigenvalue weighted by Crippen LogP contribution is 2.70. The molecule has 4 aliphatic carbocycles. The van der Waals surface area contributed by atoms with E-state index in [1.54, 1.807) is 6.92 Å². The van der Waals surface area contributed by atoms with E-state index in [2.05, 4.69) is 20.8 Å². The predicted octanol–water partition coefficient (Wildman–Crippen LogP) is -0.192. The lowest BCUT2D eigenvalue weighted by molar-refractivity contribution is -0.332. The first-order valence-electron chi connectivity index (χ1n) is 22.8. The third kappa shape index (κ3) is 8.16. The topological polar surface area (TPSA) is 267 Å². The summed E-state index contributed by atoms with van der Waals surface area (Å²) in [5.41, 5.74) is 0.957. The molecule has 8 rings (SSSR count). The van der Waals surface area contributed by atoms with Crippen LogP contribution in [0.4, 0.5) is 0 Å². The maximum absolute atomic E-state index is 11.0. The lowest BCUT2D eigenvalue weighted by Crippen LogP contribution is -2.63. The summed E-state index contributed by atoms with van der Waals surface area (Å²) in [6.07, 6.45) is -11.4. The van der Waals surface area contributed by atoms with Crippen molar-refractivity contribution in [1.29, 1.82) is 0 Å². The molecule has 0 bridgehead atoms. The van der Waals surface area contributed by atoms with Crippen molar-refractivity contribution in [2.75, 3.05) is 19.8 Å². The zero-order chi connectivity index (χ0) is 43.9. The molecular formula is C44H72O17. The third-order valence-electron chi connectivity index (χ3n) is 17.0. The molecular weight excluding hydrogens is 800 g/mol. The molecule has 10 N–H and O–H groups in total. The maximum Gasteiger partial charge on any atom is 0.186 e. The lowest BCUT2D eigenvalue weighted by atomic mass is 9.44. The van der Waals surface area contributed by atoms with Gasteiger partial charge in [0.2, 0.25) is 0 Å². The Morgan fingerprint density at radius 2 is 1.46 bits per heavy atom. The van der Waals surface area contributed by atoms with Gasteiger partial charge in [-0.2, -0.15) is 0 Å². The molecule has 0 aromatic rings. The van der Waals surface area contributed by atoms with Crippen molar-refractivity contribution >= 4 is 0 Å². The van der Waals surface area contributed by atoms with Crippen molar-refractivity contribution in [3.8, 4) is 0 Å². The highest BCUT2D eigenvalue weighted by atomic mass is 16.7. The smallest absolute Gasteiger partial charge is 0.186 e. The molecule has 0 spiro atoms. The molecule has 17 heteroatoms. The Labute approximate surface area is 357 Å². The predicted molar refractivity (Wildman–Crippen MR) is 212 cm³/mol. The summed E-state index contributed by atoms with van der Waals surface area (Å²) in [5, 5.41) is 104. The van der Waals surface area contributed by atoms with Crippen LogP contribution in [-0.4, -0.2) is 175 Å². The van der Waals surface area contributed by atoms with Crippen LogP contribution < -0.4 is 0 Å². The quantitative estimate of drug-likeness (QED) is 0.121. The lowest BCUT2D eigenvalue weighted by Gasteiger charge is -2.63. The zero-order valence-corrected chi connectivity index (χ0v) is 36.1. The highest BCUT2D eigenvalue weighted by molar-refractivity contribution is 5.27. The summed E-state index contributed by atoms with van der Waals surface area (Å²) < 4.78 is 43.0. The average Bonchev–Trinajstić information content (AvgIpc) is 3.72. The minimum absolute atomic E-state index is 0.0227. The summed E-state index contributed by atoms with van der Waals surface area (Å²) in [6, 6.07) is 0. The Bertz CT molecular complexity index is 1550. The van der Waals surface area contributed by atoms with E-state index in [1.807, 2.05) is 6.92 Å². The van der Waals surface area contributed by atoms with E-state index in [0.717, 1.165) is 50.7 Å². The van der Waals surface area contributed by atoms with Crippen LogP contribution in [0.2, 0.25) is 0 Å². The first-order valence-corrected chi connectivity index (χ1v) is 22.8. The van der Waals surface area contributed by atoms with Gasteiger partial charge in [-0.15, -0.1) is 0 Å². The number of aliphatic hydroxyl groups is 10. The van der Waals surface area contributed by atoms with Crippen LogP contribution in [0, 0.1) is 46.3 Å². The second-order valence-corrected chi connectivity index (χ2v) is 20.5. The molecule has 0 radical (unpaired) electrons. The monoisotopic (exact) mass is 872 g/mol. The Morgan fingerprint density at radius 3 is 2.20 bits per heavy atom. The molecule has 0 aromatic carbocycles. The molecule has 350 valence electrons. The van der Waals surface area contributed by atoms with Gasteiger partial charge in [0.05, 0.1) is 43.9 Å². The van der Waals surface area contributed by atoms with Crippen LogP contribution in [0.15, 0.2) is 11.3 Å². The van der Waals surface area contributed by atoms with Crippen molar-refractivity contribution in [3.63, 3.8) is 0 Å². The van der Waals surface area contributed by atoms with Crippen LogP contribution >= 0.6 is 0 Å². The molecule has 61 heavy (non-hydrogen) atoms. The van der Waals surface area contributed by atoms with Gasteiger partial charge in [-0.3, -0.25) is 0 Å². The molecule has 0 unspecified atom stereocenters. The highest BCUT2D eigenvalue weighted by Gasteiger charge is 2.67. The first-order chi connectivity index (χ1) is 28.9. The minimum Gasteiger partial charge on any atom is -0.494 e. The van der Waals surface area contributed by atoms with Gasteiger partial charge in [-0.05, 0) is 105 Å². The third-order valence-corrected chi connectivity index (χ3v) is 17.0. The van der Waals surface area contributed by atoms with Crippen LogP contribution in [0.25, 0.3) is 0 Å². The molecule has 25 atom stereocenters. The first kappa shape index (κ1) is 46.4. The van der Waals surface area contributed by atoms with Gasteiger partial charge in [-0.1, -0.05) is 20.8 Å². The maximum atomic E-state index is 11.0. The van der Waals surface area contributed by atoms with Gasteiger partial charge in [0, 0.05) is 18.8 Å². The Balaban J connectivity index is 0.949. The van der Waals surface area contributed by atoms with E-state index in [-0.39, 0.29) is 53.8 Å². The normalized spacial score (nSPS) is 54.0. The van der Waals surface area contributed by atoms with Gasteiger partial charge in [0.25, 0.3) is 0 Å². The number of rotatable bonds is 11. The summed E-state index contributed by atoms with van der Waals surface area (Å²) >= 11 is 0. The van der Waals surface area contributed by atoms with E-state index in [4.69, 9.17) is 33.2 Å². The largest absolute Gasteiger partial charge is 0.494 e. The molecule has 8 aliphatic rings. The number of ether oxygens (including phenoxy) is 7. The minimum atomic E-state index is -1.49. The Hall–Kier alpha value is -1.10. The Kier molecular flexibility index (Phi) is 13.7. The molecule has 0 amide bonds. The summed E-state index contributed by atoms with van der Waals surface area (Å²) in [5.74, 6) is 2.59. The molecule has 3 saturated heterocycles. The zero-order valence-electron chi connectivity index (χ0n) is 36.1. The molecule has 4 heterocycles. The summed E-state index contributed by atoms with van der Waals surface area (Å²) in [6.45, 7) is 10.2. The fourth-order valence-corrected chi connectivity index (χ4v) is 13.4. The summed E-state index contributed by atoms with van der Waals surface area (Å²) in [4.78, 5) is 0. The van der Waals surface area contributed by atoms with Crippen LogP contribution in [0.5, 0.6) is 0 Å². The number of hydrogen-bond donors (Lipinski definition) is 10. The van der Waals surface area contributed by atoms with Crippen molar-refractivity contribution in [2.24, 2.45) is 46.3 Å². The number of hydrogen-bond acceptors (Lipinski definition) is 17. The van der Waals surface area contributed by atoms with Crippen LogP contribution in [0.3, 0.4) is 0 Å². The average molecular weight is 873 g/mol. The van der Waals surface area contributed by atoms with Gasteiger partial charge in [0.15, 0.2) is 18.9 Å². The standard InChI is InChI=1S/C44H72O17/c1-18(16-55-40-38(53)36(51)34(49)29(15-45)60-40)6-9-27-19(2)31-28(59-27)14-25-23-8-7-21-12-22(58-42-39(54)35(50)32(47)20(3)57-42)13-30(44(21,5)24(23)10-11-43(25,31)4)61-41-37(52)33(48)26(46)17-56-41/h18,20-26,28-42,45-54H,6-17H2,1-5H3/t18-,20-,21+,22+,23+,24-,25-,26+,28-,29+,30+,31-,32-,33+,34+,35+,36-,37-,38+,39+,40+,41-,42-,43-,44-/m0/s1. The van der Waals surface area contributed by atoms with Crippen molar-refractivity contribution in [1.82, 2.24) is 0 Å². The summed E-state index contributed by atoms with van der Waals surface area (Å²) in [7, 11) is 0. The van der Waals surface area contributed by atoms with Gasteiger partial charge in [-0.25, -0.2) is 0 Å². The van der Waals surface area contributed by atoms with E-state index >= 15 is 0 Å². The fourth-order valence-electron chi connectivity index (χ4n) is 13.4. The Morgan fingerprint density at radius 1 is 0.754 bits per heavy atom. The molecule has 17 nitrogen and oxygen atoms in total. The number of fused-ring (bicyclic) bond motifs is 7. The van der Waals surface area contributed by atoms with Crippen molar-refractivity contribution < 1.29 is 84.2 Å². The molecule has 4 saturated carbocycles. The van der Waals surface area contributed by atoms with Gasteiger partial charge < -0.3 is 84.2 Å². The molecule has 0 aromatic heterocycles. The van der Waals surface area contributed by atoms with Gasteiger partial charge in [0.1, 0.15) is 67.1 Å². The molecule has 4 aliphatic heterocycles. The fraction of sp³-hybridized carbons (Fsp3) is 0.955. The van der Waals surface area contributed by atoms with E-state index in [0.29, 0.717) is 24.7 Å². The van der Waals surface area contributed by atoms with Crippen molar-refractivity contribution in [3.05, 3.63) is 11.3 Å². The van der Waals surface area contributed by atoms with Crippen molar-refractivity contribution in [2.45, 2.75) is 197 Å². The SMILES string of the molecule is CC1=C(CC[C@H](C)CO[C@@H]2O[C@H](CO)[C@@H](O)[C@H](O)[C@H]2O)O[C@H]2C[C@H]3[C@@H]4CC[C@@H]5C[C@@H](O[C@@H]6O[C@@H](C)[C@H](O)[C@@H](O)[C@H]6O)C[C@@H](O[C@@H]6OC[C@@H](O)[C@@H](O)[C@@H]6O)[C@]5(C)[C@H]4CC[C@]3(C)[C@@H]12. The van der Waals surface area contributed by atoms with E-state index < -0.39 is 105 Å². The van der Waals surface area contributed by atoms with Crippen LogP contribution in [-0.2, 0) is 33.2 Å². The number of aliphatic hydroxyl groups excluding tert-OH is 10.